The first-order valence-electron chi connectivity index (χ1n) is 5.99. The molecule has 0 spiro atoms. The average molecular weight is 240 g/mol. The van der Waals surface area contributed by atoms with E-state index in [1.54, 1.807) is 6.07 Å². The van der Waals surface area contributed by atoms with Crippen LogP contribution < -0.4 is 11.3 Å². The summed E-state index contributed by atoms with van der Waals surface area (Å²) < 4.78 is 19.0. The van der Waals surface area contributed by atoms with Crippen LogP contribution in [0.4, 0.5) is 4.39 Å². The van der Waals surface area contributed by atoms with Crippen LogP contribution in [-0.2, 0) is 4.74 Å². The number of benzene rings is 1. The zero-order valence-corrected chi connectivity index (χ0v) is 10.5. The minimum absolute atomic E-state index is 0.202. The van der Waals surface area contributed by atoms with Crippen molar-refractivity contribution in [2.45, 2.75) is 32.7 Å². The second-order valence-electron chi connectivity index (χ2n) is 4.15. The monoisotopic (exact) mass is 240 g/mol. The van der Waals surface area contributed by atoms with Crippen LogP contribution in [0.3, 0.4) is 0 Å². The first-order chi connectivity index (χ1) is 8.19. The SMILES string of the molecule is CCCOCCC(NN)c1cc(C)ccc1F. The van der Waals surface area contributed by atoms with Gasteiger partial charge in [0, 0.05) is 18.8 Å². The lowest BCUT2D eigenvalue weighted by Crippen LogP contribution is -2.29. The molecule has 0 saturated carbocycles. The van der Waals surface area contributed by atoms with Gasteiger partial charge in [-0.05, 0) is 25.8 Å². The molecular formula is C13H21FN2O. The summed E-state index contributed by atoms with van der Waals surface area (Å²) in [7, 11) is 0. The minimum atomic E-state index is -0.228. The highest BCUT2D eigenvalue weighted by Gasteiger charge is 2.14. The van der Waals surface area contributed by atoms with E-state index < -0.39 is 0 Å². The molecule has 0 aliphatic carbocycles. The van der Waals surface area contributed by atoms with Crippen LogP contribution in [0.5, 0.6) is 0 Å². The Morgan fingerprint density at radius 3 is 2.82 bits per heavy atom. The quantitative estimate of drug-likeness (QED) is 0.437. The van der Waals surface area contributed by atoms with Crippen molar-refractivity contribution in [2.75, 3.05) is 13.2 Å². The van der Waals surface area contributed by atoms with E-state index in [1.807, 2.05) is 13.0 Å². The third-order valence-electron chi connectivity index (χ3n) is 2.63. The summed E-state index contributed by atoms with van der Waals surface area (Å²) in [6, 6.07) is 4.84. The third kappa shape index (κ3) is 4.42. The van der Waals surface area contributed by atoms with Gasteiger partial charge in [-0.3, -0.25) is 11.3 Å². The number of nitrogens with one attached hydrogen (secondary N) is 1. The Kier molecular flexibility index (Phi) is 6.11. The summed E-state index contributed by atoms with van der Waals surface area (Å²) in [6.45, 7) is 5.30. The molecule has 0 aliphatic rings. The summed E-state index contributed by atoms with van der Waals surface area (Å²) in [5, 5.41) is 0. The van der Waals surface area contributed by atoms with E-state index in [0.29, 0.717) is 18.6 Å². The van der Waals surface area contributed by atoms with Gasteiger partial charge in [-0.1, -0.05) is 24.6 Å². The van der Waals surface area contributed by atoms with Gasteiger partial charge in [-0.15, -0.1) is 0 Å². The Morgan fingerprint density at radius 1 is 1.41 bits per heavy atom. The molecule has 4 heteroatoms. The molecule has 0 saturated heterocycles. The zero-order chi connectivity index (χ0) is 12.7. The number of hydrogen-bond donors (Lipinski definition) is 2. The zero-order valence-electron chi connectivity index (χ0n) is 10.5. The van der Waals surface area contributed by atoms with E-state index in [9.17, 15) is 4.39 Å². The van der Waals surface area contributed by atoms with Crippen molar-refractivity contribution in [1.82, 2.24) is 5.43 Å². The van der Waals surface area contributed by atoms with Crippen LogP contribution in [-0.4, -0.2) is 13.2 Å². The van der Waals surface area contributed by atoms with Crippen molar-refractivity contribution in [3.8, 4) is 0 Å². The van der Waals surface area contributed by atoms with Gasteiger partial charge in [0.15, 0.2) is 0 Å². The molecular weight excluding hydrogens is 219 g/mol. The summed E-state index contributed by atoms with van der Waals surface area (Å²) >= 11 is 0. The van der Waals surface area contributed by atoms with Gasteiger partial charge in [0.2, 0.25) is 0 Å². The van der Waals surface area contributed by atoms with Gasteiger partial charge in [0.25, 0.3) is 0 Å². The molecule has 0 aliphatic heterocycles. The van der Waals surface area contributed by atoms with Gasteiger partial charge in [-0.2, -0.15) is 0 Å². The standard InChI is InChI=1S/C13H21FN2O/c1-3-7-17-8-6-13(16-15)11-9-10(2)4-5-12(11)14/h4-5,9,13,16H,3,6-8,15H2,1-2H3. The van der Waals surface area contributed by atoms with Gasteiger partial charge in [0.1, 0.15) is 5.82 Å². The molecule has 1 rings (SSSR count). The maximum Gasteiger partial charge on any atom is 0.128 e. The number of hydrazine groups is 1. The Morgan fingerprint density at radius 2 is 2.18 bits per heavy atom. The number of nitrogens with two attached hydrogens (primary N) is 1. The number of hydrogen-bond acceptors (Lipinski definition) is 3. The van der Waals surface area contributed by atoms with Crippen LogP contribution in [0.2, 0.25) is 0 Å². The van der Waals surface area contributed by atoms with E-state index in [2.05, 4.69) is 12.3 Å². The van der Waals surface area contributed by atoms with Crippen LogP contribution in [0.1, 0.15) is 36.9 Å². The van der Waals surface area contributed by atoms with E-state index >= 15 is 0 Å². The Bertz CT molecular complexity index is 344. The minimum Gasteiger partial charge on any atom is -0.381 e. The smallest absolute Gasteiger partial charge is 0.128 e. The first-order valence-corrected chi connectivity index (χ1v) is 5.99. The molecule has 1 aromatic rings. The molecule has 17 heavy (non-hydrogen) atoms. The molecule has 1 unspecified atom stereocenters. The normalized spacial score (nSPS) is 12.7. The molecule has 0 bridgehead atoms. The van der Waals surface area contributed by atoms with Crippen LogP contribution >= 0.6 is 0 Å². The van der Waals surface area contributed by atoms with Gasteiger partial charge < -0.3 is 4.74 Å². The molecule has 0 radical (unpaired) electrons. The molecule has 3 nitrogen and oxygen atoms in total. The topological polar surface area (TPSA) is 47.3 Å². The van der Waals surface area contributed by atoms with Gasteiger partial charge in [0.05, 0.1) is 6.04 Å². The highest BCUT2D eigenvalue weighted by atomic mass is 19.1. The molecule has 0 fully saturated rings. The van der Waals surface area contributed by atoms with E-state index in [0.717, 1.165) is 18.6 Å². The molecule has 1 atom stereocenters. The van der Waals surface area contributed by atoms with Gasteiger partial charge in [-0.25, -0.2) is 4.39 Å². The fourth-order valence-corrected chi connectivity index (χ4v) is 1.71. The third-order valence-corrected chi connectivity index (χ3v) is 2.63. The summed E-state index contributed by atoms with van der Waals surface area (Å²) in [5.41, 5.74) is 4.27. The molecule has 0 aromatic heterocycles. The predicted molar refractivity (Wildman–Crippen MR) is 66.9 cm³/mol. The van der Waals surface area contributed by atoms with Crippen molar-refractivity contribution in [2.24, 2.45) is 5.84 Å². The maximum absolute atomic E-state index is 13.6. The van der Waals surface area contributed by atoms with E-state index in [1.165, 1.54) is 6.07 Å². The molecule has 3 N–H and O–H groups in total. The molecule has 0 heterocycles. The number of ether oxygens (including phenoxy) is 1. The van der Waals surface area contributed by atoms with Crippen molar-refractivity contribution in [3.63, 3.8) is 0 Å². The van der Waals surface area contributed by atoms with E-state index in [4.69, 9.17) is 10.6 Å². The van der Waals surface area contributed by atoms with Gasteiger partial charge >= 0.3 is 0 Å². The first kappa shape index (κ1) is 14.1. The summed E-state index contributed by atoms with van der Waals surface area (Å²) in [4.78, 5) is 0. The molecule has 0 amide bonds. The largest absolute Gasteiger partial charge is 0.381 e. The molecule has 1 aromatic carbocycles. The number of aryl methyl sites for hydroxylation is 1. The van der Waals surface area contributed by atoms with Crippen LogP contribution in [0, 0.1) is 12.7 Å². The predicted octanol–water partition coefficient (Wildman–Crippen LogP) is 2.46. The van der Waals surface area contributed by atoms with Crippen molar-refractivity contribution >= 4 is 0 Å². The van der Waals surface area contributed by atoms with Crippen LogP contribution in [0.15, 0.2) is 18.2 Å². The number of halogens is 1. The lowest BCUT2D eigenvalue weighted by Gasteiger charge is -2.17. The van der Waals surface area contributed by atoms with Crippen LogP contribution in [0.25, 0.3) is 0 Å². The maximum atomic E-state index is 13.6. The average Bonchev–Trinajstić information content (AvgIpc) is 2.33. The highest BCUT2D eigenvalue weighted by molar-refractivity contribution is 5.26. The van der Waals surface area contributed by atoms with E-state index in [-0.39, 0.29) is 11.9 Å². The Hall–Kier alpha value is -0.970. The lowest BCUT2D eigenvalue weighted by atomic mass is 10.0. The highest BCUT2D eigenvalue weighted by Crippen LogP contribution is 2.20. The Labute approximate surface area is 102 Å². The number of rotatable bonds is 7. The summed E-state index contributed by atoms with van der Waals surface area (Å²) in [5.74, 6) is 5.24. The lowest BCUT2D eigenvalue weighted by molar-refractivity contribution is 0.124. The Balaban J connectivity index is 2.62. The van der Waals surface area contributed by atoms with Crippen molar-refractivity contribution in [3.05, 3.63) is 35.1 Å². The molecule has 96 valence electrons. The van der Waals surface area contributed by atoms with Crippen molar-refractivity contribution < 1.29 is 9.13 Å². The summed E-state index contributed by atoms with van der Waals surface area (Å²) in [6.07, 6.45) is 1.65. The van der Waals surface area contributed by atoms with Crippen molar-refractivity contribution in [1.29, 1.82) is 0 Å². The second-order valence-corrected chi connectivity index (χ2v) is 4.15. The fraction of sp³-hybridized carbons (Fsp3) is 0.538. The second kappa shape index (κ2) is 7.37. The fourth-order valence-electron chi connectivity index (χ4n) is 1.71.